The zero-order chi connectivity index (χ0) is 14.3. The monoisotopic (exact) mass is 447 g/mol. The number of halogens is 3. The van der Waals surface area contributed by atoms with Crippen LogP contribution >= 0.6 is 58.9 Å². The van der Waals surface area contributed by atoms with Crippen LogP contribution < -0.4 is 10.6 Å². The molecule has 0 radical (unpaired) electrons. The number of nitrogens with one attached hydrogen (secondary N) is 2. The minimum Gasteiger partial charge on any atom is -0.355 e. The molecule has 0 aliphatic heterocycles. The third-order valence-corrected chi connectivity index (χ3v) is 4.20. The molecule has 0 heterocycles. The molecule has 0 amide bonds. The van der Waals surface area contributed by atoms with Gasteiger partial charge in [0, 0.05) is 35.4 Å². The SMILES string of the molecule is CN=C(NCc1ccc(Cl)cc1Cl)NCC(C)SC.I. The first-order valence-electron chi connectivity index (χ1n) is 5.98. The van der Waals surface area contributed by atoms with Crippen LogP contribution in [0.15, 0.2) is 23.2 Å². The number of benzene rings is 1. The van der Waals surface area contributed by atoms with Crippen molar-refractivity contribution in [1.82, 2.24) is 10.6 Å². The van der Waals surface area contributed by atoms with E-state index in [9.17, 15) is 0 Å². The van der Waals surface area contributed by atoms with Gasteiger partial charge in [-0.15, -0.1) is 24.0 Å². The first kappa shape index (κ1) is 20.1. The zero-order valence-corrected chi connectivity index (χ0v) is 16.4. The maximum absolute atomic E-state index is 6.12. The molecule has 0 saturated carbocycles. The van der Waals surface area contributed by atoms with E-state index in [1.54, 1.807) is 13.1 Å². The standard InChI is InChI=1S/C13H19Cl2N3S.HI/c1-9(19-3)7-17-13(16-2)18-8-10-4-5-11(14)6-12(10)15;/h4-6,9H,7-8H2,1-3H3,(H2,16,17,18);1H. The summed E-state index contributed by atoms with van der Waals surface area (Å²) >= 11 is 13.8. The molecule has 1 rings (SSSR count). The molecule has 0 bridgehead atoms. The molecular weight excluding hydrogens is 428 g/mol. The Labute approximate surface area is 152 Å². The van der Waals surface area contributed by atoms with Crippen LogP contribution in [0.25, 0.3) is 0 Å². The summed E-state index contributed by atoms with van der Waals surface area (Å²) < 4.78 is 0. The van der Waals surface area contributed by atoms with Gasteiger partial charge in [-0.05, 0) is 24.0 Å². The number of rotatable bonds is 5. The lowest BCUT2D eigenvalue weighted by atomic mass is 10.2. The van der Waals surface area contributed by atoms with Gasteiger partial charge in [-0.25, -0.2) is 0 Å². The number of guanidine groups is 1. The van der Waals surface area contributed by atoms with Crippen LogP contribution in [0.5, 0.6) is 0 Å². The molecule has 3 nitrogen and oxygen atoms in total. The van der Waals surface area contributed by atoms with E-state index in [1.807, 2.05) is 23.9 Å². The Balaban J connectivity index is 0.00000361. The van der Waals surface area contributed by atoms with E-state index in [2.05, 4.69) is 28.8 Å². The lowest BCUT2D eigenvalue weighted by Crippen LogP contribution is -2.39. The van der Waals surface area contributed by atoms with Crippen LogP contribution in [0.1, 0.15) is 12.5 Å². The third kappa shape index (κ3) is 7.24. The molecule has 1 unspecified atom stereocenters. The Bertz CT molecular complexity index is 444. The van der Waals surface area contributed by atoms with E-state index in [1.165, 1.54) is 0 Å². The van der Waals surface area contributed by atoms with Crippen molar-refractivity contribution in [3.8, 4) is 0 Å². The van der Waals surface area contributed by atoms with Crippen molar-refractivity contribution in [2.45, 2.75) is 18.7 Å². The highest BCUT2D eigenvalue weighted by Gasteiger charge is 2.04. The van der Waals surface area contributed by atoms with E-state index in [0.29, 0.717) is 21.8 Å². The third-order valence-electron chi connectivity index (χ3n) is 2.64. The molecule has 0 fully saturated rings. The second-order valence-electron chi connectivity index (χ2n) is 4.09. The van der Waals surface area contributed by atoms with Gasteiger partial charge in [0.15, 0.2) is 5.96 Å². The summed E-state index contributed by atoms with van der Waals surface area (Å²) in [5.74, 6) is 0.770. The van der Waals surface area contributed by atoms with Crippen LogP contribution in [-0.4, -0.2) is 31.1 Å². The number of thioether (sulfide) groups is 1. The quantitative estimate of drug-likeness (QED) is 0.406. The topological polar surface area (TPSA) is 36.4 Å². The van der Waals surface area contributed by atoms with Gasteiger partial charge in [0.1, 0.15) is 0 Å². The highest BCUT2D eigenvalue weighted by Crippen LogP contribution is 2.20. The molecule has 1 aromatic rings. The van der Waals surface area contributed by atoms with Gasteiger partial charge in [0.05, 0.1) is 0 Å². The van der Waals surface area contributed by atoms with E-state index in [4.69, 9.17) is 23.2 Å². The van der Waals surface area contributed by atoms with Gasteiger partial charge in [-0.2, -0.15) is 11.8 Å². The average molecular weight is 448 g/mol. The van der Waals surface area contributed by atoms with Crippen molar-refractivity contribution in [2.75, 3.05) is 19.8 Å². The molecule has 7 heteroatoms. The van der Waals surface area contributed by atoms with Crippen LogP contribution in [-0.2, 0) is 6.54 Å². The molecule has 1 atom stereocenters. The molecule has 0 aromatic heterocycles. The largest absolute Gasteiger partial charge is 0.355 e. The second-order valence-corrected chi connectivity index (χ2v) is 6.21. The summed E-state index contributed by atoms with van der Waals surface area (Å²) in [6.45, 7) is 3.65. The molecule has 0 aliphatic rings. The summed E-state index contributed by atoms with van der Waals surface area (Å²) in [4.78, 5) is 4.17. The lowest BCUT2D eigenvalue weighted by Gasteiger charge is -2.15. The predicted octanol–water partition coefficient (Wildman–Crippen LogP) is 4.03. The fraction of sp³-hybridized carbons (Fsp3) is 0.462. The first-order valence-corrected chi connectivity index (χ1v) is 8.02. The fourth-order valence-electron chi connectivity index (χ4n) is 1.39. The van der Waals surface area contributed by atoms with Gasteiger partial charge in [0.2, 0.25) is 0 Å². The van der Waals surface area contributed by atoms with Gasteiger partial charge in [0.25, 0.3) is 0 Å². The van der Waals surface area contributed by atoms with Crippen molar-refractivity contribution in [1.29, 1.82) is 0 Å². The minimum absolute atomic E-state index is 0. The molecule has 20 heavy (non-hydrogen) atoms. The Morgan fingerprint density at radius 2 is 2.05 bits per heavy atom. The number of aliphatic imine (C=N–C) groups is 1. The van der Waals surface area contributed by atoms with Gasteiger partial charge >= 0.3 is 0 Å². The fourth-order valence-corrected chi connectivity index (χ4v) is 2.11. The summed E-state index contributed by atoms with van der Waals surface area (Å²) in [7, 11) is 1.75. The molecule has 114 valence electrons. The van der Waals surface area contributed by atoms with Crippen LogP contribution in [0.4, 0.5) is 0 Å². The smallest absolute Gasteiger partial charge is 0.191 e. The molecule has 0 aliphatic carbocycles. The van der Waals surface area contributed by atoms with E-state index in [0.717, 1.165) is 18.1 Å². The zero-order valence-electron chi connectivity index (χ0n) is 11.7. The van der Waals surface area contributed by atoms with Gasteiger partial charge < -0.3 is 10.6 Å². The second kappa shape index (κ2) is 10.8. The maximum atomic E-state index is 6.12. The van der Waals surface area contributed by atoms with Crippen LogP contribution in [0, 0.1) is 0 Å². The molecule has 2 N–H and O–H groups in total. The number of hydrogen-bond acceptors (Lipinski definition) is 2. The molecule has 0 spiro atoms. The highest BCUT2D eigenvalue weighted by atomic mass is 127. The Kier molecular flexibility index (Phi) is 10.9. The van der Waals surface area contributed by atoms with Crippen molar-refractivity contribution < 1.29 is 0 Å². The molecule has 1 aromatic carbocycles. The summed E-state index contributed by atoms with van der Waals surface area (Å²) in [5.41, 5.74) is 0.993. The van der Waals surface area contributed by atoms with Crippen LogP contribution in [0.2, 0.25) is 10.0 Å². The van der Waals surface area contributed by atoms with E-state index in [-0.39, 0.29) is 24.0 Å². The van der Waals surface area contributed by atoms with Gasteiger partial charge in [-0.1, -0.05) is 36.2 Å². The first-order chi connectivity index (χ1) is 9.06. The normalized spacial score (nSPS) is 12.6. The molecule has 0 saturated heterocycles. The van der Waals surface area contributed by atoms with E-state index < -0.39 is 0 Å². The number of hydrogen-bond donors (Lipinski definition) is 2. The van der Waals surface area contributed by atoms with Crippen molar-refractivity contribution in [2.24, 2.45) is 4.99 Å². The predicted molar refractivity (Wildman–Crippen MR) is 103 cm³/mol. The molecular formula is C13H20Cl2IN3S. The maximum Gasteiger partial charge on any atom is 0.191 e. The van der Waals surface area contributed by atoms with E-state index >= 15 is 0 Å². The van der Waals surface area contributed by atoms with Crippen LogP contribution in [0.3, 0.4) is 0 Å². The van der Waals surface area contributed by atoms with Crippen molar-refractivity contribution in [3.63, 3.8) is 0 Å². The Hall–Kier alpha value is 0.150. The van der Waals surface area contributed by atoms with Gasteiger partial charge in [-0.3, -0.25) is 4.99 Å². The van der Waals surface area contributed by atoms with Crippen molar-refractivity contribution >= 4 is 64.9 Å². The van der Waals surface area contributed by atoms with Crippen molar-refractivity contribution in [3.05, 3.63) is 33.8 Å². The average Bonchev–Trinajstić information content (AvgIpc) is 2.40. The number of nitrogens with zero attached hydrogens (tertiary/aromatic N) is 1. The minimum atomic E-state index is 0. The summed E-state index contributed by atoms with van der Waals surface area (Å²) in [6.07, 6.45) is 2.09. The summed E-state index contributed by atoms with van der Waals surface area (Å²) in [6, 6.07) is 5.48. The Morgan fingerprint density at radius 3 is 2.60 bits per heavy atom. The highest BCUT2D eigenvalue weighted by molar-refractivity contribution is 14.0. The summed E-state index contributed by atoms with van der Waals surface area (Å²) in [5, 5.41) is 8.34. The Morgan fingerprint density at radius 1 is 1.35 bits per heavy atom. The lowest BCUT2D eigenvalue weighted by molar-refractivity contribution is 0.791.